The van der Waals surface area contributed by atoms with Gasteiger partial charge in [-0.25, -0.2) is 0 Å². The molecule has 1 unspecified atom stereocenters. The summed E-state index contributed by atoms with van der Waals surface area (Å²) in [4.78, 5) is 0. The minimum atomic E-state index is -0.941. The van der Waals surface area contributed by atoms with Crippen LogP contribution in [0.15, 0.2) is 0 Å². The Kier molecular flexibility index (Phi) is 3.91. The van der Waals surface area contributed by atoms with E-state index in [0.717, 1.165) is 12.8 Å². The third-order valence-corrected chi connectivity index (χ3v) is 2.26. The minimum absolute atomic E-state index is 0.248. The van der Waals surface area contributed by atoms with Crippen LogP contribution in [0.25, 0.3) is 0 Å². The van der Waals surface area contributed by atoms with Gasteiger partial charge in [-0.1, -0.05) is 20.8 Å². The molecular weight excluding hydrogens is 126 g/mol. The topological polar surface area (TPSA) is 46.2 Å². The first-order chi connectivity index (χ1) is 4.58. The standard InChI is InChI=1S/C8H19NO/c1-4-7(5-2)8(9,10)6-3/h7,10H,4-6,9H2,1-3H3. The Morgan fingerprint density at radius 1 is 1.30 bits per heavy atom. The minimum Gasteiger partial charge on any atom is -0.376 e. The Bertz CT molecular complexity index is 87.3. The molecule has 0 radical (unpaired) electrons. The molecule has 0 amide bonds. The highest BCUT2D eigenvalue weighted by molar-refractivity contribution is 4.76. The first kappa shape index (κ1) is 9.92. The molecule has 0 aliphatic heterocycles. The normalized spacial score (nSPS) is 17.4. The molecular formula is C8H19NO. The molecule has 0 saturated heterocycles. The van der Waals surface area contributed by atoms with Gasteiger partial charge in [-0.2, -0.15) is 0 Å². The lowest BCUT2D eigenvalue weighted by molar-refractivity contribution is -0.0197. The van der Waals surface area contributed by atoms with Gasteiger partial charge < -0.3 is 10.8 Å². The fraction of sp³-hybridized carbons (Fsp3) is 1.00. The highest BCUT2D eigenvalue weighted by Gasteiger charge is 2.27. The monoisotopic (exact) mass is 145 g/mol. The Hall–Kier alpha value is -0.0800. The van der Waals surface area contributed by atoms with Gasteiger partial charge in [0, 0.05) is 5.92 Å². The van der Waals surface area contributed by atoms with Gasteiger partial charge in [-0.15, -0.1) is 0 Å². The number of rotatable bonds is 4. The van der Waals surface area contributed by atoms with E-state index < -0.39 is 5.72 Å². The Morgan fingerprint density at radius 3 is 1.80 bits per heavy atom. The third kappa shape index (κ3) is 2.27. The smallest absolute Gasteiger partial charge is 0.116 e. The number of nitrogens with two attached hydrogens (primary N) is 1. The van der Waals surface area contributed by atoms with Crippen LogP contribution in [0.5, 0.6) is 0 Å². The van der Waals surface area contributed by atoms with Gasteiger partial charge in [0.25, 0.3) is 0 Å². The summed E-state index contributed by atoms with van der Waals surface area (Å²) in [5, 5.41) is 9.56. The van der Waals surface area contributed by atoms with Crippen LogP contribution in [0.1, 0.15) is 40.0 Å². The molecule has 0 rings (SSSR count). The second-order valence-corrected chi connectivity index (χ2v) is 2.86. The second-order valence-electron chi connectivity index (χ2n) is 2.86. The molecule has 2 nitrogen and oxygen atoms in total. The van der Waals surface area contributed by atoms with Crippen LogP contribution in [0.4, 0.5) is 0 Å². The maximum absolute atomic E-state index is 9.56. The van der Waals surface area contributed by atoms with Gasteiger partial charge in [-0.05, 0) is 19.3 Å². The zero-order valence-corrected chi connectivity index (χ0v) is 7.22. The van der Waals surface area contributed by atoms with Gasteiger partial charge >= 0.3 is 0 Å². The van der Waals surface area contributed by atoms with Gasteiger partial charge in [-0.3, -0.25) is 0 Å². The van der Waals surface area contributed by atoms with Gasteiger partial charge in [0.2, 0.25) is 0 Å². The van der Waals surface area contributed by atoms with Crippen LogP contribution in [-0.4, -0.2) is 10.8 Å². The van der Waals surface area contributed by atoms with Crippen LogP contribution in [0.2, 0.25) is 0 Å². The largest absolute Gasteiger partial charge is 0.376 e. The molecule has 0 spiro atoms. The lowest BCUT2D eigenvalue weighted by Crippen LogP contribution is -2.46. The van der Waals surface area contributed by atoms with Crippen LogP contribution < -0.4 is 5.73 Å². The van der Waals surface area contributed by atoms with E-state index in [1.807, 2.05) is 6.92 Å². The van der Waals surface area contributed by atoms with Crippen molar-refractivity contribution < 1.29 is 5.11 Å². The third-order valence-electron chi connectivity index (χ3n) is 2.26. The molecule has 62 valence electrons. The Balaban J connectivity index is 3.97. The van der Waals surface area contributed by atoms with E-state index in [9.17, 15) is 5.11 Å². The predicted molar refractivity (Wildman–Crippen MR) is 43.5 cm³/mol. The van der Waals surface area contributed by atoms with E-state index in [2.05, 4.69) is 13.8 Å². The fourth-order valence-electron chi connectivity index (χ4n) is 1.28. The highest BCUT2D eigenvalue weighted by Crippen LogP contribution is 2.21. The molecule has 0 saturated carbocycles. The van der Waals surface area contributed by atoms with Crippen molar-refractivity contribution in [3.63, 3.8) is 0 Å². The van der Waals surface area contributed by atoms with E-state index in [4.69, 9.17) is 5.73 Å². The molecule has 2 heteroatoms. The molecule has 0 aliphatic carbocycles. The summed E-state index contributed by atoms with van der Waals surface area (Å²) in [5.41, 5.74) is 4.70. The van der Waals surface area contributed by atoms with Gasteiger partial charge in [0.05, 0.1) is 0 Å². The van der Waals surface area contributed by atoms with E-state index >= 15 is 0 Å². The lowest BCUT2D eigenvalue weighted by Gasteiger charge is -2.29. The van der Waals surface area contributed by atoms with Crippen LogP contribution in [0.3, 0.4) is 0 Å². The van der Waals surface area contributed by atoms with Crippen molar-refractivity contribution in [3.8, 4) is 0 Å². The summed E-state index contributed by atoms with van der Waals surface area (Å²) in [5.74, 6) is 0.248. The van der Waals surface area contributed by atoms with Crippen molar-refractivity contribution in [2.24, 2.45) is 11.7 Å². The first-order valence-corrected chi connectivity index (χ1v) is 4.09. The number of hydrogen-bond acceptors (Lipinski definition) is 2. The van der Waals surface area contributed by atoms with Crippen molar-refractivity contribution in [2.45, 2.75) is 45.8 Å². The van der Waals surface area contributed by atoms with E-state index in [-0.39, 0.29) is 5.92 Å². The summed E-state index contributed by atoms with van der Waals surface area (Å²) in [6, 6.07) is 0. The van der Waals surface area contributed by atoms with E-state index in [1.165, 1.54) is 0 Å². The highest BCUT2D eigenvalue weighted by atomic mass is 16.3. The Morgan fingerprint density at radius 2 is 1.70 bits per heavy atom. The summed E-state index contributed by atoms with van der Waals surface area (Å²) in [6.07, 6.45) is 2.55. The van der Waals surface area contributed by atoms with E-state index in [1.54, 1.807) is 0 Å². The zero-order valence-electron chi connectivity index (χ0n) is 7.22. The second kappa shape index (κ2) is 3.94. The van der Waals surface area contributed by atoms with Crippen LogP contribution >= 0.6 is 0 Å². The van der Waals surface area contributed by atoms with Gasteiger partial charge in [0.1, 0.15) is 5.72 Å². The van der Waals surface area contributed by atoms with Crippen molar-refractivity contribution >= 4 is 0 Å². The van der Waals surface area contributed by atoms with E-state index in [0.29, 0.717) is 6.42 Å². The maximum Gasteiger partial charge on any atom is 0.116 e. The molecule has 0 fully saturated rings. The molecule has 0 bridgehead atoms. The average molecular weight is 145 g/mol. The fourth-order valence-corrected chi connectivity index (χ4v) is 1.28. The molecule has 0 aromatic heterocycles. The molecule has 0 aliphatic rings. The molecule has 1 atom stereocenters. The predicted octanol–water partition coefficient (Wildman–Crippen LogP) is 1.48. The quantitative estimate of drug-likeness (QED) is 0.588. The molecule has 3 N–H and O–H groups in total. The zero-order chi connectivity index (χ0) is 8.20. The summed E-state index contributed by atoms with van der Waals surface area (Å²) >= 11 is 0. The SMILES string of the molecule is CCC(CC)C(N)(O)CC. The molecule has 10 heavy (non-hydrogen) atoms. The first-order valence-electron chi connectivity index (χ1n) is 4.09. The number of aliphatic hydroxyl groups is 1. The van der Waals surface area contributed by atoms with Crippen molar-refractivity contribution in [2.75, 3.05) is 0 Å². The van der Waals surface area contributed by atoms with Crippen LogP contribution in [0, 0.1) is 5.92 Å². The maximum atomic E-state index is 9.56. The average Bonchev–Trinajstić information content (AvgIpc) is 1.90. The molecule has 0 heterocycles. The number of hydrogen-bond donors (Lipinski definition) is 2. The summed E-state index contributed by atoms with van der Waals surface area (Å²) in [6.45, 7) is 6.03. The summed E-state index contributed by atoms with van der Waals surface area (Å²) < 4.78 is 0. The van der Waals surface area contributed by atoms with Crippen molar-refractivity contribution in [1.29, 1.82) is 0 Å². The van der Waals surface area contributed by atoms with Gasteiger partial charge in [0.15, 0.2) is 0 Å². The van der Waals surface area contributed by atoms with Crippen molar-refractivity contribution in [1.82, 2.24) is 0 Å². The molecule has 0 aromatic carbocycles. The Labute approximate surface area is 63.4 Å². The molecule has 0 aromatic rings. The summed E-state index contributed by atoms with van der Waals surface area (Å²) in [7, 11) is 0. The lowest BCUT2D eigenvalue weighted by atomic mass is 9.89. The van der Waals surface area contributed by atoms with Crippen molar-refractivity contribution in [3.05, 3.63) is 0 Å². The van der Waals surface area contributed by atoms with Crippen LogP contribution in [-0.2, 0) is 0 Å².